The molecule has 0 spiro atoms. The van der Waals surface area contributed by atoms with E-state index in [0.717, 1.165) is 6.07 Å². The minimum atomic E-state index is -0.545. The maximum Gasteiger partial charge on any atom is 0.276 e. The van der Waals surface area contributed by atoms with Gasteiger partial charge in [0, 0.05) is 17.0 Å². The number of H-pyrrole nitrogens is 1. The van der Waals surface area contributed by atoms with Gasteiger partial charge in [0.2, 0.25) is 0 Å². The van der Waals surface area contributed by atoms with Crippen LogP contribution in [0, 0.1) is 12.7 Å². The van der Waals surface area contributed by atoms with Gasteiger partial charge in [-0.2, -0.15) is 0 Å². The second kappa shape index (κ2) is 6.81. The van der Waals surface area contributed by atoms with E-state index in [1.165, 1.54) is 30.6 Å². The predicted molar refractivity (Wildman–Crippen MR) is 91.6 cm³/mol. The van der Waals surface area contributed by atoms with Crippen molar-refractivity contribution in [3.05, 3.63) is 57.3 Å². The number of halogens is 1. The first-order valence-corrected chi connectivity index (χ1v) is 8.03. The molecule has 2 heterocycles. The van der Waals surface area contributed by atoms with E-state index in [2.05, 4.69) is 20.3 Å². The van der Waals surface area contributed by atoms with Gasteiger partial charge < -0.3 is 9.72 Å². The normalized spacial score (nSPS) is 10.5. The lowest BCUT2D eigenvalue weighted by molar-refractivity contribution is 0.102. The van der Waals surface area contributed by atoms with E-state index in [1.54, 1.807) is 18.4 Å². The molecule has 0 radical (unpaired) electrons. The van der Waals surface area contributed by atoms with Crippen molar-refractivity contribution in [1.82, 2.24) is 15.0 Å². The van der Waals surface area contributed by atoms with Gasteiger partial charge in [-0.3, -0.25) is 14.9 Å². The third kappa shape index (κ3) is 3.72. The van der Waals surface area contributed by atoms with Crippen LogP contribution in [0.2, 0.25) is 0 Å². The molecule has 3 rings (SSSR count). The number of rotatable bonds is 4. The van der Waals surface area contributed by atoms with Crippen molar-refractivity contribution in [2.45, 2.75) is 6.92 Å². The quantitative estimate of drug-likeness (QED) is 0.745. The molecule has 9 heteroatoms. The lowest BCUT2D eigenvalue weighted by Crippen LogP contribution is -2.19. The number of nitrogens with one attached hydrogen (secondary N) is 2. The molecule has 25 heavy (non-hydrogen) atoms. The minimum absolute atomic E-state index is 0.00603. The predicted octanol–water partition coefficient (Wildman–Crippen LogP) is 2.60. The Morgan fingerprint density at radius 3 is 2.80 bits per heavy atom. The number of thiazole rings is 1. The van der Waals surface area contributed by atoms with Gasteiger partial charge in [0.1, 0.15) is 11.5 Å². The van der Waals surface area contributed by atoms with Gasteiger partial charge in [0.05, 0.1) is 12.8 Å². The van der Waals surface area contributed by atoms with E-state index in [-0.39, 0.29) is 11.4 Å². The number of carbonyl (C=O) groups excluding carboxylic acids is 1. The molecule has 0 bridgehead atoms. The summed E-state index contributed by atoms with van der Waals surface area (Å²) < 4.78 is 18.7. The molecule has 1 aromatic carbocycles. The van der Waals surface area contributed by atoms with Crippen molar-refractivity contribution >= 4 is 22.4 Å². The van der Waals surface area contributed by atoms with Gasteiger partial charge in [0.15, 0.2) is 16.7 Å². The SMILES string of the molecule is COc1ccc(-c2csc(NC(=O)c3cc(=O)[nH]c(C)n3)n2)cc1F. The molecule has 0 aliphatic heterocycles. The van der Waals surface area contributed by atoms with Crippen LogP contribution in [0.25, 0.3) is 11.3 Å². The number of aryl methyl sites for hydroxylation is 1. The largest absolute Gasteiger partial charge is 0.494 e. The first-order valence-electron chi connectivity index (χ1n) is 7.15. The van der Waals surface area contributed by atoms with Crippen LogP contribution < -0.4 is 15.6 Å². The Bertz CT molecular complexity index is 999. The molecule has 0 unspecified atom stereocenters. The number of methoxy groups -OCH3 is 1. The summed E-state index contributed by atoms with van der Waals surface area (Å²) >= 11 is 1.18. The zero-order valence-corrected chi connectivity index (χ0v) is 14.1. The standard InChI is InChI=1S/C16H13FN4O3S/c1-8-18-11(6-14(22)19-8)15(23)21-16-20-12(7-25-16)9-3-4-13(24-2)10(17)5-9/h3-7H,1-2H3,(H,18,19,22)(H,20,21,23). The molecule has 0 saturated heterocycles. The number of carbonyl (C=O) groups is 1. The third-order valence-corrected chi connectivity index (χ3v) is 4.02. The number of benzene rings is 1. The number of hydrogen-bond acceptors (Lipinski definition) is 6. The van der Waals surface area contributed by atoms with Gasteiger partial charge in [-0.1, -0.05) is 0 Å². The molecule has 2 aromatic heterocycles. The van der Waals surface area contributed by atoms with Crippen molar-refractivity contribution in [2.75, 3.05) is 12.4 Å². The first-order chi connectivity index (χ1) is 12.0. The van der Waals surface area contributed by atoms with Crippen LogP contribution in [0.15, 0.2) is 34.4 Å². The molecule has 0 aliphatic rings. The van der Waals surface area contributed by atoms with Gasteiger partial charge in [0.25, 0.3) is 11.5 Å². The Morgan fingerprint density at radius 2 is 2.12 bits per heavy atom. The van der Waals surface area contributed by atoms with Crippen LogP contribution >= 0.6 is 11.3 Å². The Kier molecular flexibility index (Phi) is 4.57. The van der Waals surface area contributed by atoms with E-state index in [0.29, 0.717) is 22.2 Å². The zero-order chi connectivity index (χ0) is 18.0. The smallest absolute Gasteiger partial charge is 0.276 e. The molecule has 0 fully saturated rings. The number of nitrogens with zero attached hydrogens (tertiary/aromatic N) is 2. The fourth-order valence-electron chi connectivity index (χ4n) is 2.15. The fourth-order valence-corrected chi connectivity index (χ4v) is 2.86. The maximum atomic E-state index is 13.8. The maximum absolute atomic E-state index is 13.8. The van der Waals surface area contributed by atoms with Gasteiger partial charge >= 0.3 is 0 Å². The summed E-state index contributed by atoms with van der Waals surface area (Å²) in [7, 11) is 1.39. The van der Waals surface area contributed by atoms with Gasteiger partial charge in [-0.05, 0) is 25.1 Å². The molecule has 7 nitrogen and oxygen atoms in total. The first kappa shape index (κ1) is 16.8. The molecular weight excluding hydrogens is 347 g/mol. The highest BCUT2D eigenvalue weighted by molar-refractivity contribution is 7.14. The average molecular weight is 360 g/mol. The van der Waals surface area contributed by atoms with Crippen LogP contribution in [0.3, 0.4) is 0 Å². The zero-order valence-electron chi connectivity index (χ0n) is 13.3. The van der Waals surface area contributed by atoms with Crippen LogP contribution in [0.4, 0.5) is 9.52 Å². The van der Waals surface area contributed by atoms with E-state index in [4.69, 9.17) is 4.74 Å². The van der Waals surface area contributed by atoms with Crippen molar-refractivity contribution < 1.29 is 13.9 Å². The van der Waals surface area contributed by atoms with Crippen LogP contribution in [0.5, 0.6) is 5.75 Å². The summed E-state index contributed by atoms with van der Waals surface area (Å²) in [6, 6.07) is 5.59. The molecule has 0 aliphatic carbocycles. The summed E-state index contributed by atoms with van der Waals surface area (Å²) in [4.78, 5) is 34.3. The molecule has 0 saturated carbocycles. The van der Waals surface area contributed by atoms with E-state index in [9.17, 15) is 14.0 Å². The number of aromatic amines is 1. The topological polar surface area (TPSA) is 97.0 Å². The molecule has 128 valence electrons. The molecule has 1 amide bonds. The van der Waals surface area contributed by atoms with Crippen molar-refractivity contribution in [3.63, 3.8) is 0 Å². The van der Waals surface area contributed by atoms with Crippen molar-refractivity contribution in [3.8, 4) is 17.0 Å². The van der Waals surface area contributed by atoms with E-state index in [1.807, 2.05) is 0 Å². The Labute approximate surface area is 145 Å². The Balaban J connectivity index is 1.80. The second-order valence-corrected chi connectivity index (χ2v) is 5.92. The monoisotopic (exact) mass is 360 g/mol. The lowest BCUT2D eigenvalue weighted by atomic mass is 10.1. The van der Waals surface area contributed by atoms with E-state index >= 15 is 0 Å². The summed E-state index contributed by atoms with van der Waals surface area (Å²) in [6.45, 7) is 1.58. The molecule has 2 N–H and O–H groups in total. The molecule has 3 aromatic rings. The number of aromatic nitrogens is 3. The summed E-state index contributed by atoms with van der Waals surface area (Å²) in [5.74, 6) is -0.563. The summed E-state index contributed by atoms with van der Waals surface area (Å²) in [5, 5.41) is 4.58. The minimum Gasteiger partial charge on any atom is -0.494 e. The van der Waals surface area contributed by atoms with Gasteiger partial charge in [-0.25, -0.2) is 14.4 Å². The average Bonchev–Trinajstić information content (AvgIpc) is 3.02. The van der Waals surface area contributed by atoms with Crippen LogP contribution in [-0.2, 0) is 0 Å². The number of anilines is 1. The molecule has 0 atom stereocenters. The lowest BCUT2D eigenvalue weighted by Gasteiger charge is -2.03. The second-order valence-electron chi connectivity index (χ2n) is 5.06. The Hall–Kier alpha value is -3.07. The summed E-state index contributed by atoms with van der Waals surface area (Å²) in [5.41, 5.74) is 0.650. The molecular formula is C16H13FN4O3S. The van der Waals surface area contributed by atoms with Crippen LogP contribution in [0.1, 0.15) is 16.3 Å². The highest BCUT2D eigenvalue weighted by Gasteiger charge is 2.13. The highest BCUT2D eigenvalue weighted by atomic mass is 32.1. The number of amides is 1. The fraction of sp³-hybridized carbons (Fsp3) is 0.125. The highest BCUT2D eigenvalue weighted by Crippen LogP contribution is 2.28. The van der Waals surface area contributed by atoms with Crippen LogP contribution in [-0.4, -0.2) is 28.0 Å². The number of ether oxygens (including phenoxy) is 1. The van der Waals surface area contributed by atoms with Crippen molar-refractivity contribution in [1.29, 1.82) is 0 Å². The van der Waals surface area contributed by atoms with Gasteiger partial charge in [-0.15, -0.1) is 11.3 Å². The Morgan fingerprint density at radius 1 is 1.32 bits per heavy atom. The van der Waals surface area contributed by atoms with E-state index < -0.39 is 17.3 Å². The summed E-state index contributed by atoms with van der Waals surface area (Å²) in [6.07, 6.45) is 0. The van der Waals surface area contributed by atoms with Crippen molar-refractivity contribution in [2.24, 2.45) is 0 Å². The number of hydrogen-bond donors (Lipinski definition) is 2. The third-order valence-electron chi connectivity index (χ3n) is 3.26.